The monoisotopic (exact) mass is 519 g/mol. The van der Waals surface area contributed by atoms with Gasteiger partial charge in [0.15, 0.2) is 11.4 Å². The van der Waals surface area contributed by atoms with Gasteiger partial charge in [-0.2, -0.15) is 0 Å². The number of primary amides is 1. The number of likely N-dealkylation sites (N-methyl/N-ethyl adjacent to an activating group) is 1. The molecule has 0 aliphatic heterocycles. The molecule has 0 radical (unpaired) electrons. The zero-order chi connectivity index (χ0) is 27.7. The van der Waals surface area contributed by atoms with Crippen molar-refractivity contribution in [2.75, 3.05) is 14.1 Å². The lowest BCUT2D eigenvalue weighted by Crippen LogP contribution is -2.63. The average molecular weight is 520 g/mol. The van der Waals surface area contributed by atoms with Gasteiger partial charge in [-0.25, -0.2) is 0 Å². The average Bonchev–Trinajstić information content (AvgIpc) is 2.86. The SMILES string of the molecule is CCc1ccnc(-c2ccc(O)c3c2C[C@@H]2C[C@H]4[C@H](N(C)C)C(O)=C(C(N)=O)C(=O)[C@@]4(O)C(O)=C2C3=O)c1. The molecule has 0 bridgehead atoms. The zero-order valence-electron chi connectivity index (χ0n) is 21.2. The van der Waals surface area contributed by atoms with Gasteiger partial charge in [-0.1, -0.05) is 6.92 Å². The molecule has 2 aromatic rings. The molecule has 10 nitrogen and oxygen atoms in total. The molecule has 5 rings (SSSR count). The number of nitrogens with zero attached hydrogens (tertiary/aromatic N) is 2. The van der Waals surface area contributed by atoms with Crippen molar-refractivity contribution in [2.45, 2.75) is 37.8 Å². The standard InChI is InChI=1S/C28H29N3O7/c1-4-12-7-8-30-17(9-12)14-5-6-18(32)20-15(14)10-13-11-16-22(31(2)3)24(34)21(27(29)37)26(36)28(16,38)25(35)19(13)23(20)33/h5-9,13,16,22,32,34-35,38H,4,10-11H2,1-3H3,(H2,29,37)/t13-,16+,22+,28+/m1/s1. The van der Waals surface area contributed by atoms with E-state index in [1.165, 1.54) is 11.0 Å². The number of aliphatic hydroxyl groups is 3. The normalized spacial score (nSPS) is 26.8. The van der Waals surface area contributed by atoms with Gasteiger partial charge in [0.1, 0.15) is 22.8 Å². The first-order valence-electron chi connectivity index (χ1n) is 12.4. The van der Waals surface area contributed by atoms with E-state index in [4.69, 9.17) is 5.73 Å². The van der Waals surface area contributed by atoms with Crippen molar-refractivity contribution in [1.82, 2.24) is 9.88 Å². The second-order valence-electron chi connectivity index (χ2n) is 10.4. The molecule has 0 spiro atoms. The minimum atomic E-state index is -2.66. The molecule has 1 aromatic heterocycles. The largest absolute Gasteiger partial charge is 0.510 e. The first-order chi connectivity index (χ1) is 17.9. The Hall–Kier alpha value is -4.02. The fourth-order valence-corrected chi connectivity index (χ4v) is 6.33. The number of nitrogens with two attached hydrogens (primary N) is 1. The van der Waals surface area contributed by atoms with Gasteiger partial charge in [0.25, 0.3) is 5.91 Å². The summed E-state index contributed by atoms with van der Waals surface area (Å²) < 4.78 is 0. The third-order valence-corrected chi connectivity index (χ3v) is 8.11. The number of fused-ring (bicyclic) bond motifs is 3. The minimum Gasteiger partial charge on any atom is -0.510 e. The first kappa shape index (κ1) is 25.6. The number of phenols is 1. The molecule has 0 saturated carbocycles. The van der Waals surface area contributed by atoms with Crippen LogP contribution in [0, 0.1) is 11.8 Å². The van der Waals surface area contributed by atoms with Crippen molar-refractivity contribution in [3.63, 3.8) is 0 Å². The summed E-state index contributed by atoms with van der Waals surface area (Å²) >= 11 is 0. The molecule has 3 aliphatic rings. The predicted molar refractivity (Wildman–Crippen MR) is 136 cm³/mol. The molecule has 0 saturated heterocycles. The summed E-state index contributed by atoms with van der Waals surface area (Å²) in [6, 6.07) is 5.84. The summed E-state index contributed by atoms with van der Waals surface area (Å²) in [7, 11) is 3.19. The maximum absolute atomic E-state index is 13.8. The van der Waals surface area contributed by atoms with Crippen LogP contribution >= 0.6 is 0 Å². The molecule has 0 unspecified atom stereocenters. The van der Waals surface area contributed by atoms with Gasteiger partial charge in [0, 0.05) is 23.3 Å². The fraction of sp³-hybridized carbons (Fsp3) is 0.357. The van der Waals surface area contributed by atoms with Gasteiger partial charge in [-0.3, -0.25) is 24.3 Å². The van der Waals surface area contributed by atoms with Crippen LogP contribution in [0.4, 0.5) is 0 Å². The lowest BCUT2D eigenvalue weighted by atomic mass is 9.58. The smallest absolute Gasteiger partial charge is 0.255 e. The number of aliphatic hydroxyl groups excluding tert-OH is 2. The van der Waals surface area contributed by atoms with Gasteiger partial charge in [0.05, 0.1) is 17.3 Å². The molecular formula is C28H29N3O7. The molecule has 6 N–H and O–H groups in total. The summed E-state index contributed by atoms with van der Waals surface area (Å²) in [6.45, 7) is 2.01. The highest BCUT2D eigenvalue weighted by Crippen LogP contribution is 2.53. The van der Waals surface area contributed by atoms with Crippen molar-refractivity contribution in [3.05, 3.63) is 69.8 Å². The molecule has 1 aromatic carbocycles. The molecule has 3 aliphatic carbocycles. The van der Waals surface area contributed by atoms with E-state index in [0.717, 1.165) is 12.0 Å². The molecule has 198 valence electrons. The van der Waals surface area contributed by atoms with Crippen LogP contribution in [0.1, 0.15) is 34.8 Å². The van der Waals surface area contributed by atoms with Crippen molar-refractivity contribution >= 4 is 17.5 Å². The number of aromatic hydroxyl groups is 1. The van der Waals surface area contributed by atoms with E-state index >= 15 is 0 Å². The number of Topliss-reactive ketones (excluding diaryl/α,β-unsaturated/α-hetero) is 2. The molecule has 1 amide bonds. The van der Waals surface area contributed by atoms with Gasteiger partial charge in [0.2, 0.25) is 5.78 Å². The van der Waals surface area contributed by atoms with Crippen LogP contribution in [-0.2, 0) is 22.4 Å². The maximum atomic E-state index is 13.8. The number of carbonyl (C=O) groups is 3. The summed E-state index contributed by atoms with van der Waals surface area (Å²) in [5.74, 6) is -6.73. The van der Waals surface area contributed by atoms with Crippen molar-refractivity contribution in [3.8, 4) is 17.0 Å². The molecule has 4 atom stereocenters. The van der Waals surface area contributed by atoms with Gasteiger partial charge in [-0.05, 0) is 74.7 Å². The minimum absolute atomic E-state index is 0.0310. The number of aryl methyl sites for hydroxylation is 1. The topological polar surface area (TPSA) is 174 Å². The number of ketones is 2. The molecular weight excluding hydrogens is 490 g/mol. The number of hydrogen-bond donors (Lipinski definition) is 5. The molecule has 1 heterocycles. The Morgan fingerprint density at radius 1 is 1.18 bits per heavy atom. The van der Waals surface area contributed by atoms with Crippen LogP contribution in [0.5, 0.6) is 5.75 Å². The fourth-order valence-electron chi connectivity index (χ4n) is 6.33. The Morgan fingerprint density at radius 3 is 2.53 bits per heavy atom. The Bertz CT molecular complexity index is 1470. The van der Waals surface area contributed by atoms with Crippen LogP contribution in [0.3, 0.4) is 0 Å². The number of carbonyl (C=O) groups excluding carboxylic acids is 3. The summed E-state index contributed by atoms with van der Waals surface area (Å²) in [5.41, 5.74) is 4.52. The Balaban J connectivity index is 1.72. The lowest BCUT2D eigenvalue weighted by molar-refractivity contribution is -0.148. The number of rotatable bonds is 4. The Morgan fingerprint density at radius 2 is 1.89 bits per heavy atom. The van der Waals surface area contributed by atoms with E-state index in [9.17, 15) is 34.8 Å². The first-order valence-corrected chi connectivity index (χ1v) is 12.4. The number of hydrogen-bond acceptors (Lipinski definition) is 9. The highest BCUT2D eigenvalue weighted by molar-refractivity contribution is 6.24. The lowest BCUT2D eigenvalue weighted by Gasteiger charge is -2.50. The van der Waals surface area contributed by atoms with Crippen LogP contribution in [0.2, 0.25) is 0 Å². The summed E-state index contributed by atoms with van der Waals surface area (Å²) in [5, 5.41) is 44.6. The molecule has 10 heteroatoms. The van der Waals surface area contributed by atoms with Crippen LogP contribution in [0.25, 0.3) is 11.3 Å². The maximum Gasteiger partial charge on any atom is 0.255 e. The number of allylic oxidation sites excluding steroid dienone is 1. The zero-order valence-corrected chi connectivity index (χ0v) is 21.2. The van der Waals surface area contributed by atoms with Gasteiger partial charge in [-0.15, -0.1) is 0 Å². The predicted octanol–water partition coefficient (Wildman–Crippen LogP) is 1.75. The third-order valence-electron chi connectivity index (χ3n) is 8.11. The van der Waals surface area contributed by atoms with Crippen LogP contribution in [-0.4, -0.2) is 73.5 Å². The molecule has 38 heavy (non-hydrogen) atoms. The Kier molecular flexibility index (Phi) is 5.92. The highest BCUT2D eigenvalue weighted by atomic mass is 16.3. The molecule has 0 fully saturated rings. The number of amides is 1. The number of aromatic nitrogens is 1. The number of phenolic OH excluding ortho intramolecular Hbond substituents is 1. The number of pyridine rings is 1. The second kappa shape index (κ2) is 8.78. The summed E-state index contributed by atoms with van der Waals surface area (Å²) in [6.07, 6.45) is 2.69. The third kappa shape index (κ3) is 3.40. The van der Waals surface area contributed by atoms with E-state index in [-0.39, 0.29) is 29.7 Å². The van der Waals surface area contributed by atoms with Crippen molar-refractivity contribution in [1.29, 1.82) is 0 Å². The van der Waals surface area contributed by atoms with Gasteiger partial charge < -0.3 is 26.2 Å². The van der Waals surface area contributed by atoms with E-state index < -0.39 is 58.0 Å². The Labute approximate surface area is 218 Å². The van der Waals surface area contributed by atoms with E-state index in [1.807, 2.05) is 19.1 Å². The van der Waals surface area contributed by atoms with E-state index in [0.29, 0.717) is 16.8 Å². The van der Waals surface area contributed by atoms with Gasteiger partial charge >= 0.3 is 0 Å². The van der Waals surface area contributed by atoms with Crippen LogP contribution < -0.4 is 5.73 Å². The second-order valence-corrected chi connectivity index (χ2v) is 10.4. The van der Waals surface area contributed by atoms with E-state index in [2.05, 4.69) is 4.98 Å². The highest BCUT2D eigenvalue weighted by Gasteiger charge is 2.63. The van der Waals surface area contributed by atoms with E-state index in [1.54, 1.807) is 26.4 Å². The van der Waals surface area contributed by atoms with Crippen molar-refractivity contribution < 1.29 is 34.8 Å². The summed E-state index contributed by atoms with van der Waals surface area (Å²) in [4.78, 5) is 45.3. The number of benzene rings is 1. The van der Waals surface area contributed by atoms with Crippen molar-refractivity contribution in [2.24, 2.45) is 17.6 Å². The quantitative estimate of drug-likeness (QED) is 0.377. The van der Waals surface area contributed by atoms with Crippen LogP contribution in [0.15, 0.2) is 53.1 Å².